The van der Waals surface area contributed by atoms with Gasteiger partial charge in [0.05, 0.1) is 5.92 Å². The number of aliphatic carboxylic acids is 1. The van der Waals surface area contributed by atoms with E-state index in [9.17, 15) is 4.79 Å². The normalized spacial score (nSPS) is 17.1. The Morgan fingerprint density at radius 1 is 1.50 bits per heavy atom. The summed E-state index contributed by atoms with van der Waals surface area (Å²) in [6.45, 7) is 7.61. The standard InChI is InChI=1S/C9H19NO2/c1-6(10)5-7(8(11)12)9(2,3)4/h6-7H,5,10H2,1-4H3,(H,11,12). The fourth-order valence-electron chi connectivity index (χ4n) is 1.20. The van der Waals surface area contributed by atoms with Crippen molar-refractivity contribution in [3.05, 3.63) is 0 Å². The van der Waals surface area contributed by atoms with Crippen molar-refractivity contribution in [2.45, 2.75) is 40.2 Å². The summed E-state index contributed by atoms with van der Waals surface area (Å²) in [4.78, 5) is 10.8. The minimum absolute atomic E-state index is 0.0506. The quantitative estimate of drug-likeness (QED) is 0.679. The van der Waals surface area contributed by atoms with E-state index in [2.05, 4.69) is 0 Å². The molecule has 3 N–H and O–H groups in total. The molecule has 0 radical (unpaired) electrons. The molecule has 0 saturated carbocycles. The van der Waals surface area contributed by atoms with Gasteiger partial charge in [-0.25, -0.2) is 0 Å². The molecule has 0 amide bonds. The van der Waals surface area contributed by atoms with Gasteiger partial charge in [0.15, 0.2) is 0 Å². The highest BCUT2D eigenvalue weighted by Gasteiger charge is 2.31. The Labute approximate surface area is 74.0 Å². The van der Waals surface area contributed by atoms with Crippen molar-refractivity contribution in [2.24, 2.45) is 17.1 Å². The highest BCUT2D eigenvalue weighted by atomic mass is 16.4. The molecule has 0 aromatic carbocycles. The van der Waals surface area contributed by atoms with Gasteiger partial charge in [-0.1, -0.05) is 20.8 Å². The average molecular weight is 173 g/mol. The molecule has 0 saturated heterocycles. The van der Waals surface area contributed by atoms with E-state index in [1.54, 1.807) is 0 Å². The van der Waals surface area contributed by atoms with Crippen LogP contribution >= 0.6 is 0 Å². The molecule has 0 fully saturated rings. The second kappa shape index (κ2) is 3.90. The van der Waals surface area contributed by atoms with Crippen LogP contribution in [0.4, 0.5) is 0 Å². The first-order valence-corrected chi connectivity index (χ1v) is 4.23. The van der Waals surface area contributed by atoms with E-state index in [4.69, 9.17) is 10.8 Å². The van der Waals surface area contributed by atoms with Gasteiger partial charge < -0.3 is 10.8 Å². The van der Waals surface area contributed by atoms with Crippen LogP contribution in [0, 0.1) is 11.3 Å². The molecule has 2 atom stereocenters. The molecule has 12 heavy (non-hydrogen) atoms. The van der Waals surface area contributed by atoms with Crippen molar-refractivity contribution < 1.29 is 9.90 Å². The molecule has 0 aromatic rings. The first-order chi connectivity index (χ1) is 5.25. The van der Waals surface area contributed by atoms with E-state index in [1.807, 2.05) is 27.7 Å². The van der Waals surface area contributed by atoms with Crippen molar-refractivity contribution in [1.82, 2.24) is 0 Å². The molecular weight excluding hydrogens is 154 g/mol. The number of carbonyl (C=O) groups is 1. The number of carboxylic acids is 1. The summed E-state index contributed by atoms with van der Waals surface area (Å²) in [5, 5.41) is 8.90. The predicted octanol–water partition coefficient (Wildman–Crippen LogP) is 1.47. The molecule has 0 spiro atoms. The fourth-order valence-corrected chi connectivity index (χ4v) is 1.20. The first kappa shape index (κ1) is 11.4. The van der Waals surface area contributed by atoms with Gasteiger partial charge in [-0.2, -0.15) is 0 Å². The van der Waals surface area contributed by atoms with Crippen molar-refractivity contribution in [3.8, 4) is 0 Å². The molecule has 3 heteroatoms. The lowest BCUT2D eigenvalue weighted by atomic mass is 9.77. The Kier molecular flexibility index (Phi) is 3.71. The molecule has 72 valence electrons. The second-order valence-electron chi connectivity index (χ2n) is 4.47. The van der Waals surface area contributed by atoms with Crippen molar-refractivity contribution in [2.75, 3.05) is 0 Å². The van der Waals surface area contributed by atoms with Crippen molar-refractivity contribution >= 4 is 5.97 Å². The SMILES string of the molecule is CC(N)CC(C(=O)O)C(C)(C)C. The minimum Gasteiger partial charge on any atom is -0.481 e. The van der Waals surface area contributed by atoms with E-state index >= 15 is 0 Å². The largest absolute Gasteiger partial charge is 0.481 e. The molecule has 0 aliphatic rings. The maximum atomic E-state index is 10.8. The molecular formula is C9H19NO2. The third-order valence-electron chi connectivity index (χ3n) is 1.95. The Morgan fingerprint density at radius 3 is 2.00 bits per heavy atom. The maximum absolute atomic E-state index is 10.8. The number of nitrogens with two attached hydrogens (primary N) is 1. The van der Waals surface area contributed by atoms with Gasteiger partial charge in [-0.15, -0.1) is 0 Å². The van der Waals surface area contributed by atoms with E-state index in [0.29, 0.717) is 6.42 Å². The van der Waals surface area contributed by atoms with Crippen LogP contribution in [0.2, 0.25) is 0 Å². The highest BCUT2D eigenvalue weighted by Crippen LogP contribution is 2.29. The third-order valence-corrected chi connectivity index (χ3v) is 1.95. The van der Waals surface area contributed by atoms with Crippen LogP contribution in [0.25, 0.3) is 0 Å². The smallest absolute Gasteiger partial charge is 0.307 e. The van der Waals surface area contributed by atoms with Gasteiger partial charge in [-0.3, -0.25) is 4.79 Å². The zero-order valence-electron chi connectivity index (χ0n) is 8.29. The lowest BCUT2D eigenvalue weighted by Crippen LogP contribution is -2.33. The van der Waals surface area contributed by atoms with Crippen molar-refractivity contribution in [3.63, 3.8) is 0 Å². The molecule has 0 heterocycles. The zero-order chi connectivity index (χ0) is 9.94. The van der Waals surface area contributed by atoms with E-state index < -0.39 is 5.97 Å². The predicted molar refractivity (Wildman–Crippen MR) is 48.8 cm³/mol. The van der Waals surface area contributed by atoms with Crippen LogP contribution in [0.15, 0.2) is 0 Å². The summed E-state index contributed by atoms with van der Waals surface area (Å²) < 4.78 is 0. The maximum Gasteiger partial charge on any atom is 0.307 e. The van der Waals surface area contributed by atoms with Gasteiger partial charge in [0.25, 0.3) is 0 Å². The molecule has 3 nitrogen and oxygen atoms in total. The van der Waals surface area contributed by atoms with Gasteiger partial charge in [0.2, 0.25) is 0 Å². The fraction of sp³-hybridized carbons (Fsp3) is 0.889. The minimum atomic E-state index is -0.750. The van der Waals surface area contributed by atoms with Gasteiger partial charge in [0, 0.05) is 6.04 Å². The summed E-state index contributed by atoms with van der Waals surface area (Å²) in [6, 6.07) is -0.0506. The van der Waals surface area contributed by atoms with Gasteiger partial charge in [0.1, 0.15) is 0 Å². The monoisotopic (exact) mass is 173 g/mol. The van der Waals surface area contributed by atoms with Crippen LogP contribution in [0.3, 0.4) is 0 Å². The lowest BCUT2D eigenvalue weighted by molar-refractivity contribution is -0.146. The first-order valence-electron chi connectivity index (χ1n) is 4.23. The Hall–Kier alpha value is -0.570. The van der Waals surface area contributed by atoms with Gasteiger partial charge in [-0.05, 0) is 18.8 Å². The molecule has 0 bridgehead atoms. The number of hydrogen-bond acceptors (Lipinski definition) is 2. The molecule has 0 aliphatic heterocycles. The number of hydrogen-bond donors (Lipinski definition) is 2. The van der Waals surface area contributed by atoms with Crippen LogP contribution in [-0.2, 0) is 4.79 Å². The number of rotatable bonds is 3. The Morgan fingerprint density at radius 2 is 1.92 bits per heavy atom. The van der Waals surface area contributed by atoms with E-state index in [1.165, 1.54) is 0 Å². The molecule has 0 rings (SSSR count). The van der Waals surface area contributed by atoms with Crippen LogP contribution in [0.1, 0.15) is 34.1 Å². The summed E-state index contributed by atoms with van der Waals surface area (Å²) >= 11 is 0. The molecule has 0 aromatic heterocycles. The summed E-state index contributed by atoms with van der Waals surface area (Å²) in [5.74, 6) is -1.10. The zero-order valence-corrected chi connectivity index (χ0v) is 8.29. The highest BCUT2D eigenvalue weighted by molar-refractivity contribution is 5.70. The van der Waals surface area contributed by atoms with Crippen LogP contribution in [0.5, 0.6) is 0 Å². The Bertz CT molecular complexity index is 158. The average Bonchev–Trinajstić information content (AvgIpc) is 1.79. The summed E-state index contributed by atoms with van der Waals surface area (Å²) in [5.41, 5.74) is 5.36. The molecule has 0 aliphatic carbocycles. The van der Waals surface area contributed by atoms with E-state index in [0.717, 1.165) is 0 Å². The topological polar surface area (TPSA) is 63.3 Å². The molecule has 2 unspecified atom stereocenters. The summed E-state index contributed by atoms with van der Waals surface area (Å²) in [6.07, 6.45) is 0.541. The number of carboxylic acid groups (broad SMARTS) is 1. The van der Waals surface area contributed by atoms with Crippen LogP contribution < -0.4 is 5.73 Å². The lowest BCUT2D eigenvalue weighted by Gasteiger charge is -2.28. The summed E-state index contributed by atoms with van der Waals surface area (Å²) in [7, 11) is 0. The van der Waals surface area contributed by atoms with E-state index in [-0.39, 0.29) is 17.4 Å². The Balaban J connectivity index is 4.35. The van der Waals surface area contributed by atoms with Crippen LogP contribution in [-0.4, -0.2) is 17.1 Å². The third kappa shape index (κ3) is 3.72. The van der Waals surface area contributed by atoms with Gasteiger partial charge >= 0.3 is 5.97 Å². The van der Waals surface area contributed by atoms with Crippen molar-refractivity contribution in [1.29, 1.82) is 0 Å². The second-order valence-corrected chi connectivity index (χ2v) is 4.47.